The second-order valence-corrected chi connectivity index (χ2v) is 3.22. The second-order valence-electron chi connectivity index (χ2n) is 3.22. The molecule has 1 N–H and O–H groups in total. The first-order chi connectivity index (χ1) is 7.13. The molecular formula is C11H10O4. The number of methoxy groups -OCH3 is 1. The molecule has 0 spiro atoms. The fraction of sp³-hybridized carbons (Fsp3) is 0.182. The van der Waals surface area contributed by atoms with Gasteiger partial charge in [0.05, 0.1) is 12.5 Å². The summed E-state index contributed by atoms with van der Waals surface area (Å²) in [5, 5.41) is 10.6. The Morgan fingerprint density at radius 1 is 1.33 bits per heavy atom. The van der Waals surface area contributed by atoms with E-state index in [1.54, 1.807) is 19.1 Å². The van der Waals surface area contributed by atoms with Crippen LogP contribution in [0.4, 0.5) is 0 Å². The summed E-state index contributed by atoms with van der Waals surface area (Å²) in [5.74, 6) is 0.759. The van der Waals surface area contributed by atoms with Crippen molar-refractivity contribution in [3.8, 4) is 11.5 Å². The van der Waals surface area contributed by atoms with Crippen LogP contribution in [0, 0.1) is 6.92 Å². The van der Waals surface area contributed by atoms with E-state index in [0.29, 0.717) is 22.3 Å². The monoisotopic (exact) mass is 206 g/mol. The SMILES string of the molecule is COc1ccc2c(=O)oc(C)cc2c1O. The van der Waals surface area contributed by atoms with Crippen LogP contribution in [-0.4, -0.2) is 12.2 Å². The third-order valence-corrected chi connectivity index (χ3v) is 2.22. The Kier molecular flexibility index (Phi) is 2.11. The molecule has 0 fully saturated rings. The minimum absolute atomic E-state index is 0.0361. The molecule has 0 amide bonds. The number of aromatic hydroxyl groups is 1. The molecule has 0 radical (unpaired) electrons. The molecule has 0 atom stereocenters. The smallest absolute Gasteiger partial charge is 0.343 e. The summed E-state index contributed by atoms with van der Waals surface area (Å²) in [6, 6.07) is 4.71. The van der Waals surface area contributed by atoms with Gasteiger partial charge in [0, 0.05) is 5.39 Å². The van der Waals surface area contributed by atoms with Gasteiger partial charge in [-0.1, -0.05) is 0 Å². The van der Waals surface area contributed by atoms with E-state index in [9.17, 15) is 9.90 Å². The lowest BCUT2D eigenvalue weighted by Crippen LogP contribution is -2.00. The van der Waals surface area contributed by atoms with Gasteiger partial charge in [-0.15, -0.1) is 0 Å². The van der Waals surface area contributed by atoms with Gasteiger partial charge < -0.3 is 14.3 Å². The standard InChI is InChI=1S/C11H10O4/c1-6-5-8-7(11(13)15-6)3-4-9(14-2)10(8)12/h3-5,12H,1-2H3. The fourth-order valence-corrected chi connectivity index (χ4v) is 1.51. The highest BCUT2D eigenvalue weighted by Crippen LogP contribution is 2.33. The molecule has 0 aliphatic heterocycles. The van der Waals surface area contributed by atoms with Crippen molar-refractivity contribution in [2.75, 3.05) is 7.11 Å². The molecule has 2 aromatic rings. The van der Waals surface area contributed by atoms with E-state index in [-0.39, 0.29) is 5.75 Å². The molecule has 4 nitrogen and oxygen atoms in total. The van der Waals surface area contributed by atoms with Crippen LogP contribution < -0.4 is 10.4 Å². The highest BCUT2D eigenvalue weighted by molar-refractivity contribution is 5.89. The number of rotatable bonds is 1. The molecule has 15 heavy (non-hydrogen) atoms. The van der Waals surface area contributed by atoms with Crippen molar-refractivity contribution >= 4 is 10.8 Å². The zero-order chi connectivity index (χ0) is 11.0. The van der Waals surface area contributed by atoms with Gasteiger partial charge in [0.2, 0.25) is 0 Å². The summed E-state index contributed by atoms with van der Waals surface area (Å²) in [4.78, 5) is 11.4. The number of ether oxygens (including phenoxy) is 1. The van der Waals surface area contributed by atoms with Crippen LogP contribution in [0.25, 0.3) is 10.8 Å². The maximum absolute atomic E-state index is 11.4. The van der Waals surface area contributed by atoms with Crippen LogP contribution in [0.15, 0.2) is 27.4 Å². The van der Waals surface area contributed by atoms with Crippen molar-refractivity contribution in [3.63, 3.8) is 0 Å². The molecule has 0 aliphatic carbocycles. The Hall–Kier alpha value is -1.97. The second kappa shape index (κ2) is 3.31. The largest absolute Gasteiger partial charge is 0.504 e. The number of phenols is 1. The first-order valence-corrected chi connectivity index (χ1v) is 4.44. The zero-order valence-electron chi connectivity index (χ0n) is 8.40. The summed E-state index contributed by atoms with van der Waals surface area (Å²) in [6.07, 6.45) is 0. The van der Waals surface area contributed by atoms with Crippen molar-refractivity contribution in [2.24, 2.45) is 0 Å². The Labute approximate surface area is 85.7 Å². The van der Waals surface area contributed by atoms with Crippen molar-refractivity contribution in [1.29, 1.82) is 0 Å². The van der Waals surface area contributed by atoms with Gasteiger partial charge in [0.25, 0.3) is 0 Å². The normalized spacial score (nSPS) is 10.5. The van der Waals surface area contributed by atoms with Crippen LogP contribution in [0.1, 0.15) is 5.76 Å². The van der Waals surface area contributed by atoms with Gasteiger partial charge in [-0.3, -0.25) is 0 Å². The first kappa shape index (κ1) is 9.58. The Morgan fingerprint density at radius 3 is 2.73 bits per heavy atom. The van der Waals surface area contributed by atoms with Crippen LogP contribution in [0.5, 0.6) is 11.5 Å². The Balaban J connectivity index is 2.93. The summed E-state index contributed by atoms with van der Waals surface area (Å²) in [5.41, 5.74) is -0.456. The van der Waals surface area contributed by atoms with Gasteiger partial charge in [0.15, 0.2) is 11.5 Å². The lowest BCUT2D eigenvalue weighted by atomic mass is 10.1. The molecule has 0 bridgehead atoms. The van der Waals surface area contributed by atoms with E-state index in [4.69, 9.17) is 9.15 Å². The number of phenolic OH excluding ortho intramolecular Hbond substituents is 1. The van der Waals surface area contributed by atoms with Gasteiger partial charge >= 0.3 is 5.63 Å². The van der Waals surface area contributed by atoms with E-state index in [2.05, 4.69) is 0 Å². The average Bonchev–Trinajstić information content (AvgIpc) is 2.19. The molecular weight excluding hydrogens is 196 g/mol. The number of benzene rings is 1. The maximum atomic E-state index is 11.4. The van der Waals surface area contributed by atoms with Crippen molar-refractivity contribution in [1.82, 2.24) is 0 Å². The van der Waals surface area contributed by atoms with Gasteiger partial charge in [0.1, 0.15) is 5.76 Å². The highest BCUT2D eigenvalue weighted by Gasteiger charge is 2.10. The lowest BCUT2D eigenvalue weighted by Gasteiger charge is -2.05. The minimum atomic E-state index is -0.456. The van der Waals surface area contributed by atoms with Gasteiger partial charge in [-0.05, 0) is 25.1 Å². The quantitative estimate of drug-likeness (QED) is 0.773. The van der Waals surface area contributed by atoms with Crippen molar-refractivity contribution in [2.45, 2.75) is 6.92 Å². The molecule has 0 saturated heterocycles. The van der Waals surface area contributed by atoms with Crippen LogP contribution in [0.3, 0.4) is 0 Å². The highest BCUT2D eigenvalue weighted by atomic mass is 16.5. The van der Waals surface area contributed by atoms with E-state index < -0.39 is 5.63 Å². The maximum Gasteiger partial charge on any atom is 0.343 e. The van der Waals surface area contributed by atoms with Crippen LogP contribution in [0.2, 0.25) is 0 Å². The molecule has 0 unspecified atom stereocenters. The zero-order valence-corrected chi connectivity index (χ0v) is 8.40. The minimum Gasteiger partial charge on any atom is -0.504 e. The third kappa shape index (κ3) is 1.44. The summed E-state index contributed by atoms with van der Waals surface area (Å²) >= 11 is 0. The number of fused-ring (bicyclic) bond motifs is 1. The molecule has 2 rings (SSSR count). The molecule has 4 heteroatoms. The summed E-state index contributed by atoms with van der Waals surface area (Å²) < 4.78 is 9.86. The average molecular weight is 206 g/mol. The van der Waals surface area contributed by atoms with Gasteiger partial charge in [-0.2, -0.15) is 0 Å². The Bertz CT molecular complexity index is 569. The number of aryl methyl sites for hydroxylation is 1. The van der Waals surface area contributed by atoms with E-state index >= 15 is 0 Å². The van der Waals surface area contributed by atoms with Crippen molar-refractivity contribution < 1.29 is 14.3 Å². The molecule has 1 aromatic heterocycles. The first-order valence-electron chi connectivity index (χ1n) is 4.44. The summed E-state index contributed by atoms with van der Waals surface area (Å²) in [6.45, 7) is 1.65. The molecule has 1 heterocycles. The molecule has 0 saturated carbocycles. The molecule has 78 valence electrons. The summed E-state index contributed by atoms with van der Waals surface area (Å²) in [7, 11) is 1.46. The number of hydrogen-bond acceptors (Lipinski definition) is 4. The van der Waals surface area contributed by atoms with Crippen LogP contribution >= 0.6 is 0 Å². The van der Waals surface area contributed by atoms with Crippen molar-refractivity contribution in [3.05, 3.63) is 34.4 Å². The molecule has 1 aromatic carbocycles. The predicted octanol–water partition coefficient (Wildman–Crippen LogP) is 1.82. The predicted molar refractivity (Wildman–Crippen MR) is 55.4 cm³/mol. The lowest BCUT2D eigenvalue weighted by molar-refractivity contribution is 0.376. The van der Waals surface area contributed by atoms with Gasteiger partial charge in [-0.25, -0.2) is 4.79 Å². The van der Waals surface area contributed by atoms with Crippen LogP contribution in [-0.2, 0) is 0 Å². The Morgan fingerprint density at radius 2 is 2.07 bits per heavy atom. The van der Waals surface area contributed by atoms with E-state index in [1.165, 1.54) is 13.2 Å². The number of hydrogen-bond donors (Lipinski definition) is 1. The molecule has 0 aliphatic rings. The topological polar surface area (TPSA) is 59.7 Å². The van der Waals surface area contributed by atoms with E-state index in [0.717, 1.165) is 0 Å². The third-order valence-electron chi connectivity index (χ3n) is 2.22. The van der Waals surface area contributed by atoms with E-state index in [1.807, 2.05) is 0 Å². The fourth-order valence-electron chi connectivity index (χ4n) is 1.51.